The van der Waals surface area contributed by atoms with Crippen molar-refractivity contribution in [1.82, 2.24) is 14.5 Å². The fourth-order valence-corrected chi connectivity index (χ4v) is 3.52. The lowest BCUT2D eigenvalue weighted by atomic mass is 10.1. The number of hydrogen-bond acceptors (Lipinski definition) is 4. The Bertz CT molecular complexity index is 1150. The van der Waals surface area contributed by atoms with Gasteiger partial charge in [-0.25, -0.2) is 14.4 Å². The van der Waals surface area contributed by atoms with Gasteiger partial charge >= 0.3 is 6.18 Å². The molecule has 2 heterocycles. The van der Waals surface area contributed by atoms with Gasteiger partial charge in [0, 0.05) is 18.9 Å². The van der Waals surface area contributed by atoms with E-state index in [1.165, 1.54) is 25.3 Å². The third-order valence-electron chi connectivity index (χ3n) is 5.39. The first kappa shape index (κ1) is 20.3. The molecule has 30 heavy (non-hydrogen) atoms. The smallest absolute Gasteiger partial charge is 0.383 e. The van der Waals surface area contributed by atoms with Crippen LogP contribution < -0.4 is 11.3 Å². The van der Waals surface area contributed by atoms with Gasteiger partial charge in [0.25, 0.3) is 5.56 Å². The van der Waals surface area contributed by atoms with Crippen molar-refractivity contribution in [3.05, 3.63) is 52.3 Å². The van der Waals surface area contributed by atoms with Crippen LogP contribution in [-0.4, -0.2) is 14.5 Å². The van der Waals surface area contributed by atoms with Crippen LogP contribution in [0.25, 0.3) is 22.2 Å². The summed E-state index contributed by atoms with van der Waals surface area (Å²) >= 11 is 0. The quantitative estimate of drug-likeness (QED) is 0.460. The Morgan fingerprint density at radius 1 is 1.20 bits per heavy atom. The van der Waals surface area contributed by atoms with Crippen molar-refractivity contribution in [3.63, 3.8) is 0 Å². The van der Waals surface area contributed by atoms with E-state index in [0.717, 1.165) is 24.8 Å². The number of aryl methyl sites for hydroxylation is 1. The Morgan fingerprint density at radius 2 is 1.97 bits per heavy atom. The number of halogens is 4. The topological polar surface area (TPSA) is 73.8 Å². The van der Waals surface area contributed by atoms with E-state index >= 15 is 0 Å². The van der Waals surface area contributed by atoms with Gasteiger partial charge in [0.1, 0.15) is 17.2 Å². The summed E-state index contributed by atoms with van der Waals surface area (Å²) in [5, 5.41) is 0.647. The van der Waals surface area contributed by atoms with Gasteiger partial charge in [-0.3, -0.25) is 4.79 Å². The molecule has 0 unspecified atom stereocenters. The zero-order chi connectivity index (χ0) is 21.5. The van der Waals surface area contributed by atoms with Crippen LogP contribution in [0.5, 0.6) is 0 Å². The maximum absolute atomic E-state index is 14.7. The molecule has 1 saturated carbocycles. The van der Waals surface area contributed by atoms with Crippen LogP contribution in [0.15, 0.2) is 35.4 Å². The number of anilines is 1. The summed E-state index contributed by atoms with van der Waals surface area (Å²) in [5.74, 6) is -1.02. The Hall–Kier alpha value is -2.97. The van der Waals surface area contributed by atoms with Crippen molar-refractivity contribution in [2.24, 2.45) is 5.92 Å². The lowest BCUT2D eigenvalue weighted by Crippen LogP contribution is -2.19. The molecule has 1 aliphatic rings. The highest BCUT2D eigenvalue weighted by Crippen LogP contribution is 2.34. The highest BCUT2D eigenvalue weighted by atomic mass is 19.4. The van der Waals surface area contributed by atoms with Crippen molar-refractivity contribution in [3.8, 4) is 11.4 Å². The Morgan fingerprint density at radius 3 is 2.63 bits per heavy atom. The van der Waals surface area contributed by atoms with Crippen LogP contribution >= 0.6 is 0 Å². The summed E-state index contributed by atoms with van der Waals surface area (Å²) < 4.78 is 54.8. The SMILES string of the molecule is Nc1nc(-c2cc3ccn(CCCCC4CC4)c(=O)c3cc2F)ncc1C(F)(F)F. The summed E-state index contributed by atoms with van der Waals surface area (Å²) in [5.41, 5.74) is 3.77. The van der Waals surface area contributed by atoms with E-state index in [4.69, 9.17) is 5.73 Å². The molecule has 1 fully saturated rings. The third kappa shape index (κ3) is 4.15. The molecule has 1 aromatic carbocycles. The molecular formula is C21H20F4N4O. The Balaban J connectivity index is 1.63. The number of hydrogen-bond donors (Lipinski definition) is 1. The van der Waals surface area contributed by atoms with Gasteiger partial charge in [0.05, 0.1) is 10.9 Å². The molecule has 0 saturated heterocycles. The first-order valence-electron chi connectivity index (χ1n) is 9.77. The minimum absolute atomic E-state index is 0.121. The second-order valence-electron chi connectivity index (χ2n) is 7.66. The molecule has 0 bridgehead atoms. The third-order valence-corrected chi connectivity index (χ3v) is 5.39. The fraction of sp³-hybridized carbons (Fsp3) is 0.381. The number of benzene rings is 1. The minimum atomic E-state index is -4.70. The van der Waals surface area contributed by atoms with Gasteiger partial charge in [-0.2, -0.15) is 13.2 Å². The predicted octanol–water partition coefficient (Wildman–Crippen LogP) is 4.78. The molecule has 9 heteroatoms. The van der Waals surface area contributed by atoms with Gasteiger partial charge in [-0.05, 0) is 35.9 Å². The number of aromatic nitrogens is 3. The number of unbranched alkanes of at least 4 members (excludes halogenated alkanes) is 1. The van der Waals surface area contributed by atoms with Crippen molar-refractivity contribution in [2.45, 2.75) is 44.8 Å². The van der Waals surface area contributed by atoms with E-state index in [9.17, 15) is 22.4 Å². The van der Waals surface area contributed by atoms with Crippen molar-refractivity contribution in [1.29, 1.82) is 0 Å². The molecule has 0 amide bonds. The van der Waals surface area contributed by atoms with Crippen LogP contribution in [-0.2, 0) is 12.7 Å². The maximum atomic E-state index is 14.7. The van der Waals surface area contributed by atoms with Crippen LogP contribution in [0.3, 0.4) is 0 Å². The summed E-state index contributed by atoms with van der Waals surface area (Å²) in [4.78, 5) is 19.9. The zero-order valence-electron chi connectivity index (χ0n) is 16.0. The van der Waals surface area contributed by atoms with Gasteiger partial charge in [0.15, 0.2) is 5.82 Å². The van der Waals surface area contributed by atoms with Crippen LogP contribution in [0.4, 0.5) is 23.4 Å². The summed E-state index contributed by atoms with van der Waals surface area (Å²) in [6.07, 6.45) is 3.17. The zero-order valence-corrected chi connectivity index (χ0v) is 16.0. The molecule has 0 atom stereocenters. The first-order chi connectivity index (χ1) is 14.2. The molecule has 0 aliphatic heterocycles. The largest absolute Gasteiger partial charge is 0.421 e. The number of nitrogens with two attached hydrogens (primary N) is 1. The molecule has 5 nitrogen and oxygen atoms in total. The number of nitrogen functional groups attached to an aromatic ring is 1. The van der Waals surface area contributed by atoms with E-state index in [2.05, 4.69) is 9.97 Å². The molecule has 0 spiro atoms. The lowest BCUT2D eigenvalue weighted by molar-refractivity contribution is -0.137. The van der Waals surface area contributed by atoms with E-state index in [1.807, 2.05) is 0 Å². The van der Waals surface area contributed by atoms with E-state index in [1.54, 1.807) is 16.8 Å². The monoisotopic (exact) mass is 420 g/mol. The normalized spacial score (nSPS) is 14.4. The summed E-state index contributed by atoms with van der Waals surface area (Å²) in [6, 6.07) is 4.10. The molecular weight excluding hydrogens is 400 g/mol. The second-order valence-corrected chi connectivity index (χ2v) is 7.66. The molecule has 3 aromatic rings. The number of nitrogens with zero attached hydrogens (tertiary/aromatic N) is 3. The number of fused-ring (bicyclic) bond motifs is 1. The maximum Gasteiger partial charge on any atom is 0.421 e. The van der Waals surface area contributed by atoms with Crippen LogP contribution in [0.1, 0.15) is 37.7 Å². The molecule has 158 valence electrons. The average Bonchev–Trinajstić information content (AvgIpc) is 3.50. The molecule has 2 N–H and O–H groups in total. The Kier molecular flexibility index (Phi) is 5.21. The molecule has 4 rings (SSSR count). The fourth-order valence-electron chi connectivity index (χ4n) is 3.52. The lowest BCUT2D eigenvalue weighted by Gasteiger charge is -2.11. The second kappa shape index (κ2) is 7.70. The highest BCUT2D eigenvalue weighted by Gasteiger charge is 2.34. The van der Waals surface area contributed by atoms with Gasteiger partial charge in [0.2, 0.25) is 0 Å². The molecule has 0 radical (unpaired) electrons. The summed E-state index contributed by atoms with van der Waals surface area (Å²) in [7, 11) is 0. The van der Waals surface area contributed by atoms with E-state index in [0.29, 0.717) is 18.1 Å². The van der Waals surface area contributed by atoms with Gasteiger partial charge in [-0.15, -0.1) is 0 Å². The van der Waals surface area contributed by atoms with Crippen LogP contribution in [0, 0.1) is 11.7 Å². The van der Waals surface area contributed by atoms with E-state index < -0.39 is 23.4 Å². The summed E-state index contributed by atoms with van der Waals surface area (Å²) in [6.45, 7) is 0.559. The number of alkyl halides is 3. The number of pyridine rings is 1. The van der Waals surface area contributed by atoms with Gasteiger partial charge < -0.3 is 10.3 Å². The number of rotatable bonds is 6. The van der Waals surface area contributed by atoms with Crippen molar-refractivity contribution in [2.75, 3.05) is 5.73 Å². The van der Waals surface area contributed by atoms with E-state index in [-0.39, 0.29) is 22.3 Å². The van der Waals surface area contributed by atoms with Crippen molar-refractivity contribution < 1.29 is 17.6 Å². The standard InChI is InChI=1S/C21H20F4N4O/c22-17-10-14-13(6-8-29(20(14)30)7-2-1-3-12-4-5-12)9-15(17)19-27-11-16(18(26)28-19)21(23,24)25/h6,8-12H,1-5,7H2,(H2,26,27,28). The molecule has 2 aromatic heterocycles. The first-order valence-corrected chi connectivity index (χ1v) is 9.77. The van der Waals surface area contributed by atoms with Crippen molar-refractivity contribution >= 4 is 16.6 Å². The van der Waals surface area contributed by atoms with Crippen LogP contribution in [0.2, 0.25) is 0 Å². The molecule has 1 aliphatic carbocycles. The Labute approximate surface area is 169 Å². The average molecular weight is 420 g/mol. The minimum Gasteiger partial charge on any atom is -0.383 e. The predicted molar refractivity (Wildman–Crippen MR) is 105 cm³/mol. The van der Waals surface area contributed by atoms with Gasteiger partial charge in [-0.1, -0.05) is 25.7 Å². The highest BCUT2D eigenvalue weighted by molar-refractivity contribution is 5.86.